The zero-order valence-corrected chi connectivity index (χ0v) is 17.7. The minimum Gasteiger partial charge on any atom is -0.508 e. The fourth-order valence-electron chi connectivity index (χ4n) is 3.94. The maximum absolute atomic E-state index is 13.4. The predicted octanol–water partition coefficient (Wildman–Crippen LogP) is 0.341. The molecule has 4 rings (SSSR count). The topological polar surface area (TPSA) is 175 Å². The fraction of sp³-hybridized carbons (Fsp3) is 0.409. The minimum absolute atomic E-state index is 0.119. The van der Waals surface area contributed by atoms with Gasteiger partial charge >= 0.3 is 0 Å². The van der Waals surface area contributed by atoms with E-state index < -0.39 is 54.4 Å². The second-order valence-corrected chi connectivity index (χ2v) is 7.91. The maximum atomic E-state index is 13.4. The number of carbonyl (C=O) groups is 1. The lowest BCUT2D eigenvalue weighted by atomic mass is 9.92. The van der Waals surface area contributed by atoms with Gasteiger partial charge in [-0.05, 0) is 24.6 Å². The lowest BCUT2D eigenvalue weighted by Crippen LogP contribution is -2.59. The van der Waals surface area contributed by atoms with Gasteiger partial charge in [-0.1, -0.05) is 6.07 Å². The van der Waals surface area contributed by atoms with Crippen LogP contribution in [0.2, 0.25) is 0 Å². The summed E-state index contributed by atoms with van der Waals surface area (Å²) in [6.45, 7) is 1.46. The normalized spacial score (nSPS) is 31.5. The van der Waals surface area contributed by atoms with E-state index in [0.717, 1.165) is 12.1 Å². The molecule has 2 aromatic rings. The molecule has 2 aliphatic heterocycles. The smallest absolute Gasteiger partial charge is 0.203 e. The lowest BCUT2D eigenvalue weighted by molar-refractivity contribution is -0.304. The van der Waals surface area contributed by atoms with Crippen molar-refractivity contribution in [1.29, 1.82) is 0 Å². The highest BCUT2D eigenvalue weighted by molar-refractivity contribution is 6.05. The van der Waals surface area contributed by atoms with Crippen molar-refractivity contribution >= 4 is 5.78 Å². The molecular weight excluding hydrogens is 440 g/mol. The zero-order valence-electron chi connectivity index (χ0n) is 17.7. The summed E-state index contributed by atoms with van der Waals surface area (Å²) in [6.07, 6.45) is -9.82. The Bertz CT molecular complexity index is 1050. The van der Waals surface area contributed by atoms with E-state index in [-0.39, 0.29) is 34.1 Å². The molecule has 11 nitrogen and oxygen atoms in total. The van der Waals surface area contributed by atoms with Crippen LogP contribution in [0.4, 0.5) is 0 Å². The van der Waals surface area contributed by atoms with Crippen molar-refractivity contribution in [3.05, 3.63) is 41.5 Å². The largest absolute Gasteiger partial charge is 0.508 e. The van der Waals surface area contributed by atoms with Crippen LogP contribution in [0.15, 0.2) is 30.3 Å². The molecule has 0 saturated carbocycles. The van der Waals surface area contributed by atoms with E-state index in [4.69, 9.17) is 18.9 Å². The van der Waals surface area contributed by atoms with Crippen LogP contribution in [-0.4, -0.2) is 80.3 Å². The van der Waals surface area contributed by atoms with Crippen molar-refractivity contribution in [2.24, 2.45) is 0 Å². The van der Waals surface area contributed by atoms with Gasteiger partial charge in [0.15, 0.2) is 30.0 Å². The lowest BCUT2D eigenvalue weighted by Gasteiger charge is -2.42. The summed E-state index contributed by atoms with van der Waals surface area (Å²) in [7, 11) is 1.37. The fourth-order valence-corrected chi connectivity index (χ4v) is 3.94. The molecule has 2 heterocycles. The molecule has 0 amide bonds. The summed E-state index contributed by atoms with van der Waals surface area (Å²) in [5, 5.41) is 60.6. The van der Waals surface area contributed by atoms with Gasteiger partial charge in [0.1, 0.15) is 41.1 Å². The Morgan fingerprint density at radius 1 is 0.939 bits per heavy atom. The number of aliphatic hydroxyl groups excluding tert-OH is 3. The molecule has 0 bridgehead atoms. The van der Waals surface area contributed by atoms with E-state index in [9.17, 15) is 35.4 Å². The quantitative estimate of drug-likeness (QED) is 0.368. The van der Waals surface area contributed by atoms with Crippen LogP contribution in [0.25, 0.3) is 0 Å². The minimum atomic E-state index is -1.69. The number of hydrogen-bond donors (Lipinski definition) is 6. The van der Waals surface area contributed by atoms with Gasteiger partial charge in [-0.3, -0.25) is 4.79 Å². The molecule has 7 atom stereocenters. The molecule has 0 spiro atoms. The molecule has 11 heteroatoms. The SMILES string of the molecule is COc1ccc([C@H]2Oc3cc(O)cc(O)c3C(=O)[C@H]2O[C@@H]2O[C@@H](C)[C@H](O)[C@@H](O)[C@H]2O)cc1O. The van der Waals surface area contributed by atoms with Gasteiger partial charge < -0.3 is 49.6 Å². The van der Waals surface area contributed by atoms with Gasteiger partial charge in [0.2, 0.25) is 5.78 Å². The number of aliphatic hydroxyl groups is 3. The van der Waals surface area contributed by atoms with Gasteiger partial charge in [0.25, 0.3) is 0 Å². The Morgan fingerprint density at radius 2 is 1.67 bits per heavy atom. The van der Waals surface area contributed by atoms with E-state index in [2.05, 4.69) is 0 Å². The first-order valence-corrected chi connectivity index (χ1v) is 10.1. The number of carbonyl (C=O) groups excluding carboxylic acids is 1. The molecule has 2 aromatic carbocycles. The first-order chi connectivity index (χ1) is 15.6. The number of rotatable bonds is 4. The van der Waals surface area contributed by atoms with E-state index in [1.165, 1.54) is 32.2 Å². The van der Waals surface area contributed by atoms with Crippen molar-refractivity contribution in [2.75, 3.05) is 7.11 Å². The van der Waals surface area contributed by atoms with Crippen molar-refractivity contribution in [1.82, 2.24) is 0 Å². The van der Waals surface area contributed by atoms with Crippen LogP contribution in [-0.2, 0) is 9.47 Å². The van der Waals surface area contributed by atoms with Gasteiger partial charge in [-0.25, -0.2) is 0 Å². The third-order valence-corrected chi connectivity index (χ3v) is 5.72. The third kappa shape index (κ3) is 4.05. The second-order valence-electron chi connectivity index (χ2n) is 7.91. The molecule has 0 aliphatic carbocycles. The van der Waals surface area contributed by atoms with Crippen LogP contribution in [0.1, 0.15) is 28.9 Å². The average Bonchev–Trinajstić information content (AvgIpc) is 2.76. The number of ether oxygens (including phenoxy) is 4. The highest BCUT2D eigenvalue weighted by Gasteiger charge is 2.48. The molecule has 1 saturated heterocycles. The molecular formula is C22H24O11. The summed E-state index contributed by atoms with van der Waals surface area (Å²) in [4.78, 5) is 13.4. The highest BCUT2D eigenvalue weighted by Crippen LogP contribution is 2.44. The second kappa shape index (κ2) is 8.69. The number of Topliss-reactive ketones (excluding diaryl/α,β-unsaturated/α-hetero) is 1. The number of hydrogen-bond acceptors (Lipinski definition) is 11. The van der Waals surface area contributed by atoms with Crippen LogP contribution < -0.4 is 9.47 Å². The number of fused-ring (bicyclic) bond motifs is 1. The molecule has 33 heavy (non-hydrogen) atoms. The summed E-state index contributed by atoms with van der Waals surface area (Å²) in [5.74, 6) is -1.83. The van der Waals surface area contributed by atoms with Gasteiger partial charge in [-0.2, -0.15) is 0 Å². The Hall–Kier alpha value is -3.09. The van der Waals surface area contributed by atoms with E-state index in [1.807, 2.05) is 0 Å². The summed E-state index contributed by atoms with van der Waals surface area (Å²) < 4.78 is 22.1. The molecule has 178 valence electrons. The number of phenols is 3. The van der Waals surface area contributed by atoms with Gasteiger partial charge in [0, 0.05) is 12.1 Å². The van der Waals surface area contributed by atoms with Gasteiger partial charge in [-0.15, -0.1) is 0 Å². The van der Waals surface area contributed by atoms with Crippen LogP contribution >= 0.6 is 0 Å². The van der Waals surface area contributed by atoms with E-state index in [0.29, 0.717) is 0 Å². The number of methoxy groups -OCH3 is 1. The summed E-state index contributed by atoms with van der Waals surface area (Å²) in [5.41, 5.74) is 0.0183. The molecule has 6 N–H and O–H groups in total. The van der Waals surface area contributed by atoms with Crippen LogP contribution in [0.3, 0.4) is 0 Å². The molecule has 0 aromatic heterocycles. The first-order valence-electron chi connectivity index (χ1n) is 10.1. The molecule has 1 fully saturated rings. The van der Waals surface area contributed by atoms with Crippen LogP contribution in [0.5, 0.6) is 28.7 Å². The summed E-state index contributed by atoms with van der Waals surface area (Å²) in [6, 6.07) is 6.36. The Morgan fingerprint density at radius 3 is 2.33 bits per heavy atom. The Balaban J connectivity index is 1.75. The van der Waals surface area contributed by atoms with Gasteiger partial charge in [0.05, 0.1) is 13.2 Å². The zero-order chi connectivity index (χ0) is 24.0. The van der Waals surface area contributed by atoms with Crippen molar-refractivity contribution in [3.8, 4) is 28.7 Å². The van der Waals surface area contributed by atoms with E-state index >= 15 is 0 Å². The van der Waals surface area contributed by atoms with Crippen LogP contribution in [0, 0.1) is 0 Å². The Kier molecular flexibility index (Phi) is 6.08. The Labute approximate surface area is 188 Å². The van der Waals surface area contributed by atoms with Crippen molar-refractivity contribution < 1.29 is 54.4 Å². The summed E-state index contributed by atoms with van der Waals surface area (Å²) >= 11 is 0. The number of benzene rings is 2. The van der Waals surface area contributed by atoms with Crippen molar-refractivity contribution in [2.45, 2.75) is 49.8 Å². The first kappa shape index (κ1) is 23.1. The standard InChI is InChI=1S/C22H24O11/c1-8-16(26)18(28)19(29)22(31-8)33-21-17(27)15-12(25)6-10(23)7-14(15)32-20(21)9-3-4-13(30-2)11(24)5-9/h3-8,16,18-26,28-29H,1-2H3/t8-,16-,18+,19+,20+,21+,22-/m0/s1. The highest BCUT2D eigenvalue weighted by atomic mass is 16.7. The average molecular weight is 464 g/mol. The number of phenolic OH excluding ortho intramolecular Hbond substituents is 3. The third-order valence-electron chi connectivity index (χ3n) is 5.72. The molecule has 0 radical (unpaired) electrons. The molecule has 0 unspecified atom stereocenters. The number of aromatic hydroxyl groups is 3. The van der Waals surface area contributed by atoms with E-state index in [1.54, 1.807) is 0 Å². The predicted molar refractivity (Wildman–Crippen MR) is 109 cm³/mol. The maximum Gasteiger partial charge on any atom is 0.203 e. The monoisotopic (exact) mass is 464 g/mol. The number of ketones is 1. The molecule has 2 aliphatic rings. The van der Waals surface area contributed by atoms with Crippen molar-refractivity contribution in [3.63, 3.8) is 0 Å².